The molecule has 36 heavy (non-hydrogen) atoms. The minimum Gasteiger partial charge on any atom is -0.464 e. The van der Waals surface area contributed by atoms with Crippen LogP contribution in [0.5, 0.6) is 0 Å². The molecule has 182 valence electrons. The van der Waals surface area contributed by atoms with Crippen LogP contribution in [0.15, 0.2) is 89.5 Å². The van der Waals surface area contributed by atoms with Gasteiger partial charge in [0.05, 0.1) is 17.1 Å². The van der Waals surface area contributed by atoms with Crippen LogP contribution in [0, 0.1) is 13.8 Å². The Bertz CT molecular complexity index is 1520. The van der Waals surface area contributed by atoms with E-state index in [1.54, 1.807) is 12.3 Å². The van der Waals surface area contributed by atoms with Gasteiger partial charge < -0.3 is 10.2 Å². The van der Waals surface area contributed by atoms with Gasteiger partial charge in [0.25, 0.3) is 0 Å². The van der Waals surface area contributed by atoms with Gasteiger partial charge in [-0.3, -0.25) is 4.98 Å². The second-order valence-electron chi connectivity index (χ2n) is 9.01. The molecule has 5 aromatic rings. The summed E-state index contributed by atoms with van der Waals surface area (Å²) in [4.78, 5) is 4.29. The number of nitrogens with two attached hydrogens (primary N) is 1. The first-order chi connectivity index (χ1) is 17.2. The summed E-state index contributed by atoms with van der Waals surface area (Å²) in [6.45, 7) is 3.85. The first-order valence-corrected chi connectivity index (χ1v) is 11.7. The predicted octanol–water partition coefficient (Wildman–Crippen LogP) is 7.77. The first kappa shape index (κ1) is 23.8. The van der Waals surface area contributed by atoms with Gasteiger partial charge in [0, 0.05) is 11.6 Å². The van der Waals surface area contributed by atoms with E-state index in [1.807, 2.05) is 74.5 Å². The number of pyridine rings is 1. The van der Waals surface area contributed by atoms with E-state index in [0.29, 0.717) is 17.6 Å². The summed E-state index contributed by atoms with van der Waals surface area (Å²) < 4.78 is 47.3. The van der Waals surface area contributed by atoms with Crippen molar-refractivity contribution in [3.05, 3.63) is 124 Å². The molecule has 0 aliphatic heterocycles. The van der Waals surface area contributed by atoms with Crippen LogP contribution in [0.3, 0.4) is 0 Å². The summed E-state index contributed by atoms with van der Waals surface area (Å²) >= 11 is 0. The fourth-order valence-electron chi connectivity index (χ4n) is 4.59. The van der Waals surface area contributed by atoms with Crippen LogP contribution in [0.1, 0.15) is 45.4 Å². The third-order valence-corrected chi connectivity index (χ3v) is 6.54. The predicted molar refractivity (Wildman–Crippen MR) is 136 cm³/mol. The molecular weight excluding hydrogens is 461 g/mol. The molecule has 0 aliphatic carbocycles. The van der Waals surface area contributed by atoms with E-state index in [9.17, 15) is 13.2 Å². The van der Waals surface area contributed by atoms with Crippen molar-refractivity contribution in [2.24, 2.45) is 5.73 Å². The Kier molecular flexibility index (Phi) is 6.14. The van der Waals surface area contributed by atoms with Crippen LogP contribution < -0.4 is 5.73 Å². The van der Waals surface area contributed by atoms with Crippen molar-refractivity contribution in [2.75, 3.05) is 0 Å². The van der Waals surface area contributed by atoms with Crippen LogP contribution in [0.2, 0.25) is 0 Å². The van der Waals surface area contributed by atoms with Crippen molar-refractivity contribution in [1.29, 1.82) is 0 Å². The normalized spacial score (nSPS) is 12.7. The zero-order valence-electron chi connectivity index (χ0n) is 19.9. The zero-order chi connectivity index (χ0) is 25.4. The van der Waals surface area contributed by atoms with E-state index in [2.05, 4.69) is 4.98 Å². The standard InChI is InChI=1S/C30H25F3N2O/c1-18-14-26(36-19(18)2)28(34)22-11-6-10-21(16-22)27-23(15-20-8-4-3-5-9-20)17-35-29-24(27)12-7-13-25(29)30(31,32)33/h3-14,16-17,28H,15,34H2,1-2H3. The van der Waals surface area contributed by atoms with Crippen molar-refractivity contribution >= 4 is 10.9 Å². The zero-order valence-corrected chi connectivity index (χ0v) is 19.9. The number of hydrogen-bond donors (Lipinski definition) is 1. The smallest absolute Gasteiger partial charge is 0.418 e. The maximum absolute atomic E-state index is 13.8. The Hall–Kier alpha value is -3.90. The molecule has 0 radical (unpaired) electrons. The fourth-order valence-corrected chi connectivity index (χ4v) is 4.59. The van der Waals surface area contributed by atoms with Crippen molar-refractivity contribution < 1.29 is 17.6 Å². The minimum atomic E-state index is -4.51. The number of para-hydroxylation sites is 1. The van der Waals surface area contributed by atoms with E-state index in [0.717, 1.165) is 45.2 Å². The number of alkyl halides is 3. The number of fused-ring (bicyclic) bond motifs is 1. The number of aromatic nitrogens is 1. The van der Waals surface area contributed by atoms with Crippen molar-refractivity contribution in [2.45, 2.75) is 32.5 Å². The second-order valence-corrected chi connectivity index (χ2v) is 9.01. The van der Waals surface area contributed by atoms with E-state index in [4.69, 9.17) is 10.2 Å². The Morgan fingerprint density at radius 3 is 2.36 bits per heavy atom. The maximum atomic E-state index is 13.8. The topological polar surface area (TPSA) is 52.0 Å². The minimum absolute atomic E-state index is 0.0659. The number of benzene rings is 3. The quantitative estimate of drug-likeness (QED) is 0.276. The van der Waals surface area contributed by atoms with Crippen LogP contribution in [0.4, 0.5) is 13.2 Å². The molecule has 1 unspecified atom stereocenters. The number of halogens is 3. The molecule has 2 N–H and O–H groups in total. The molecule has 0 saturated carbocycles. The number of furan rings is 1. The van der Waals surface area contributed by atoms with Gasteiger partial charge in [-0.05, 0) is 71.8 Å². The monoisotopic (exact) mass is 486 g/mol. The average molecular weight is 487 g/mol. The van der Waals surface area contributed by atoms with Gasteiger partial charge in [-0.2, -0.15) is 13.2 Å². The largest absolute Gasteiger partial charge is 0.464 e. The number of nitrogens with zero attached hydrogens (tertiary/aromatic N) is 1. The van der Waals surface area contributed by atoms with Crippen LogP contribution in [-0.2, 0) is 12.6 Å². The lowest BCUT2D eigenvalue weighted by Crippen LogP contribution is -2.11. The van der Waals surface area contributed by atoms with Crippen LogP contribution >= 0.6 is 0 Å². The van der Waals surface area contributed by atoms with Gasteiger partial charge in [0.2, 0.25) is 0 Å². The fraction of sp³-hybridized carbons (Fsp3) is 0.167. The SMILES string of the molecule is Cc1cc(C(N)c2cccc(-c3c(Cc4ccccc4)cnc4c(C(F)(F)F)cccc34)c2)oc1C. The first-order valence-electron chi connectivity index (χ1n) is 11.7. The molecule has 3 nitrogen and oxygen atoms in total. The van der Waals surface area contributed by atoms with Crippen molar-refractivity contribution in [3.8, 4) is 11.1 Å². The molecule has 2 aromatic heterocycles. The van der Waals surface area contributed by atoms with Crippen molar-refractivity contribution in [3.63, 3.8) is 0 Å². The van der Waals surface area contributed by atoms with E-state index in [1.165, 1.54) is 6.07 Å². The summed E-state index contributed by atoms with van der Waals surface area (Å²) in [6.07, 6.45) is -2.42. The summed E-state index contributed by atoms with van der Waals surface area (Å²) in [6, 6.07) is 23.0. The molecule has 0 amide bonds. The Balaban J connectivity index is 1.70. The number of aryl methyl sites for hydroxylation is 2. The summed E-state index contributed by atoms with van der Waals surface area (Å²) in [7, 11) is 0. The highest BCUT2D eigenvalue weighted by atomic mass is 19.4. The lowest BCUT2D eigenvalue weighted by atomic mass is 9.90. The molecule has 0 bridgehead atoms. The number of rotatable bonds is 5. The molecule has 0 spiro atoms. The summed E-state index contributed by atoms with van der Waals surface area (Å²) in [5.41, 5.74) is 10.9. The van der Waals surface area contributed by atoms with Gasteiger partial charge in [0.15, 0.2) is 0 Å². The highest BCUT2D eigenvalue weighted by Gasteiger charge is 2.33. The van der Waals surface area contributed by atoms with Gasteiger partial charge in [-0.1, -0.05) is 60.7 Å². The maximum Gasteiger partial charge on any atom is 0.418 e. The molecule has 2 heterocycles. The molecule has 5 rings (SSSR count). The molecule has 0 fully saturated rings. The molecule has 1 atom stereocenters. The van der Waals surface area contributed by atoms with Gasteiger partial charge in [-0.15, -0.1) is 0 Å². The Morgan fingerprint density at radius 2 is 1.67 bits per heavy atom. The highest BCUT2D eigenvalue weighted by Crippen LogP contribution is 2.39. The van der Waals surface area contributed by atoms with Crippen LogP contribution in [-0.4, -0.2) is 4.98 Å². The highest BCUT2D eigenvalue weighted by molar-refractivity contribution is 5.98. The molecular formula is C30H25F3N2O. The summed E-state index contributed by atoms with van der Waals surface area (Å²) in [5, 5.41) is 0.452. The third kappa shape index (κ3) is 4.52. The molecule has 6 heteroatoms. The lowest BCUT2D eigenvalue weighted by molar-refractivity contribution is -0.136. The lowest BCUT2D eigenvalue weighted by Gasteiger charge is -2.18. The molecule has 0 aliphatic rings. The Morgan fingerprint density at radius 1 is 0.917 bits per heavy atom. The molecule has 3 aromatic carbocycles. The average Bonchev–Trinajstić information content (AvgIpc) is 3.21. The van der Waals surface area contributed by atoms with E-state index in [-0.39, 0.29) is 5.52 Å². The van der Waals surface area contributed by atoms with Crippen molar-refractivity contribution in [1.82, 2.24) is 4.98 Å². The van der Waals surface area contributed by atoms with Crippen LogP contribution in [0.25, 0.3) is 22.0 Å². The second kappa shape index (κ2) is 9.28. The summed E-state index contributed by atoms with van der Waals surface area (Å²) in [5.74, 6) is 1.45. The van der Waals surface area contributed by atoms with E-state index < -0.39 is 17.8 Å². The van der Waals surface area contributed by atoms with Gasteiger partial charge >= 0.3 is 6.18 Å². The van der Waals surface area contributed by atoms with E-state index >= 15 is 0 Å². The third-order valence-electron chi connectivity index (χ3n) is 6.54. The molecule has 0 saturated heterocycles. The number of hydrogen-bond acceptors (Lipinski definition) is 3. The van der Waals surface area contributed by atoms with Gasteiger partial charge in [-0.25, -0.2) is 0 Å². The Labute approximate surface area is 207 Å². The van der Waals surface area contributed by atoms with Gasteiger partial charge in [0.1, 0.15) is 11.5 Å².